The van der Waals surface area contributed by atoms with E-state index in [1.54, 1.807) is 18.2 Å². The van der Waals surface area contributed by atoms with Crippen molar-refractivity contribution in [3.05, 3.63) is 64.1 Å². The summed E-state index contributed by atoms with van der Waals surface area (Å²) in [5.41, 5.74) is 3.74. The molecule has 0 fully saturated rings. The molecule has 1 N–H and O–H groups in total. The summed E-state index contributed by atoms with van der Waals surface area (Å²) in [7, 11) is 0. The second-order valence-electron chi connectivity index (χ2n) is 3.84. The number of benzene rings is 2. The minimum absolute atomic E-state index is 0. The average Bonchev–Trinajstić information content (AvgIpc) is 2.39. The number of halogens is 2. The van der Waals surface area contributed by atoms with Crippen LogP contribution in [0.5, 0.6) is 0 Å². The number of hydrogen-bond acceptors (Lipinski definition) is 3. The fraction of sp³-hybridized carbons (Fsp3) is 0.0714. The van der Waals surface area contributed by atoms with Crippen LogP contribution in [0.25, 0.3) is 0 Å². The number of hydrogen-bond donors (Lipinski definition) is 1. The Morgan fingerprint density at radius 2 is 1.65 bits per heavy atom. The Labute approximate surface area is 151 Å². The zero-order chi connectivity index (χ0) is 13.7. The van der Waals surface area contributed by atoms with Crippen molar-refractivity contribution in [2.75, 3.05) is 5.48 Å². The van der Waals surface area contributed by atoms with Crippen molar-refractivity contribution in [1.82, 2.24) is 0 Å². The summed E-state index contributed by atoms with van der Waals surface area (Å²) in [5.74, 6) is -0.415. The standard InChI is InChI=1S/C14H11Cl2NO2.Na.H/c15-11-7-4-8-12(16)14(11)17-19-13(18)9-10-5-2-1-3-6-10;;/h1-8,17H,9H2;;/q;+1;-1. The van der Waals surface area contributed by atoms with Crippen molar-refractivity contribution >= 4 is 34.9 Å². The van der Waals surface area contributed by atoms with Gasteiger partial charge in [-0.1, -0.05) is 59.6 Å². The monoisotopic (exact) mass is 319 g/mol. The van der Waals surface area contributed by atoms with Gasteiger partial charge in [0.2, 0.25) is 0 Å². The molecule has 100 valence electrons. The summed E-state index contributed by atoms with van der Waals surface area (Å²) < 4.78 is 0. The molecule has 2 aromatic rings. The van der Waals surface area contributed by atoms with Crippen LogP contribution in [0.2, 0.25) is 10.0 Å². The summed E-state index contributed by atoms with van der Waals surface area (Å²) in [5, 5.41) is 0.778. The van der Waals surface area contributed by atoms with E-state index in [9.17, 15) is 4.79 Å². The molecule has 0 saturated heterocycles. The van der Waals surface area contributed by atoms with Crippen LogP contribution < -0.4 is 35.0 Å². The largest absolute Gasteiger partial charge is 1.00 e. The van der Waals surface area contributed by atoms with Gasteiger partial charge in [-0.25, -0.2) is 10.3 Å². The van der Waals surface area contributed by atoms with Gasteiger partial charge in [0.1, 0.15) is 5.69 Å². The third-order valence-electron chi connectivity index (χ3n) is 2.42. The summed E-state index contributed by atoms with van der Waals surface area (Å²) in [4.78, 5) is 16.6. The van der Waals surface area contributed by atoms with Gasteiger partial charge in [0.05, 0.1) is 16.5 Å². The van der Waals surface area contributed by atoms with Crippen LogP contribution in [0.3, 0.4) is 0 Å². The van der Waals surface area contributed by atoms with Gasteiger partial charge >= 0.3 is 35.5 Å². The zero-order valence-electron chi connectivity index (χ0n) is 11.9. The molecule has 0 aliphatic heterocycles. The van der Waals surface area contributed by atoms with E-state index >= 15 is 0 Å². The second-order valence-corrected chi connectivity index (χ2v) is 4.65. The molecule has 0 aromatic heterocycles. The van der Waals surface area contributed by atoms with Gasteiger partial charge in [0.25, 0.3) is 0 Å². The minimum Gasteiger partial charge on any atom is -1.00 e. The topological polar surface area (TPSA) is 38.3 Å². The molecule has 0 aliphatic rings. The van der Waals surface area contributed by atoms with Crippen molar-refractivity contribution < 1.29 is 40.6 Å². The molecule has 0 saturated carbocycles. The zero-order valence-corrected chi connectivity index (χ0v) is 14.4. The van der Waals surface area contributed by atoms with Crippen molar-refractivity contribution in [2.45, 2.75) is 6.42 Å². The molecular formula is C14H12Cl2NNaO2. The maximum atomic E-state index is 11.6. The Morgan fingerprint density at radius 1 is 1.05 bits per heavy atom. The fourth-order valence-electron chi connectivity index (χ4n) is 1.50. The van der Waals surface area contributed by atoms with Crippen molar-refractivity contribution in [2.24, 2.45) is 0 Å². The number of nitrogens with one attached hydrogen (secondary N) is 1. The minimum atomic E-state index is -0.415. The van der Waals surface area contributed by atoms with Gasteiger partial charge in [-0.3, -0.25) is 0 Å². The Morgan fingerprint density at radius 3 is 2.25 bits per heavy atom. The van der Waals surface area contributed by atoms with Crippen molar-refractivity contribution in [3.63, 3.8) is 0 Å². The Kier molecular flexibility index (Phi) is 7.41. The van der Waals surface area contributed by atoms with Crippen molar-refractivity contribution in [1.29, 1.82) is 0 Å². The first-order valence-corrected chi connectivity index (χ1v) is 6.36. The van der Waals surface area contributed by atoms with Crippen LogP contribution in [-0.4, -0.2) is 5.97 Å². The number of rotatable bonds is 4. The number of para-hydroxylation sites is 1. The molecule has 0 atom stereocenters. The third kappa shape index (κ3) is 5.00. The van der Waals surface area contributed by atoms with E-state index < -0.39 is 5.97 Å². The van der Waals surface area contributed by atoms with E-state index in [2.05, 4.69) is 5.48 Å². The van der Waals surface area contributed by atoms with Crippen LogP contribution in [0.15, 0.2) is 48.5 Å². The molecular weight excluding hydrogens is 308 g/mol. The summed E-state index contributed by atoms with van der Waals surface area (Å²) in [6.45, 7) is 0. The SMILES string of the molecule is O=C(Cc1ccccc1)ONc1c(Cl)cccc1Cl.[H-].[Na+]. The van der Waals surface area contributed by atoms with E-state index in [1.165, 1.54) is 0 Å². The Hall–Kier alpha value is -0.710. The van der Waals surface area contributed by atoms with Crippen LogP contribution in [0, 0.1) is 0 Å². The van der Waals surface area contributed by atoms with Crippen LogP contribution >= 0.6 is 23.2 Å². The smallest absolute Gasteiger partial charge is 1.00 e. The molecule has 6 heteroatoms. The first-order chi connectivity index (χ1) is 9.16. The van der Waals surface area contributed by atoms with Crippen LogP contribution in [0.4, 0.5) is 5.69 Å². The molecule has 20 heavy (non-hydrogen) atoms. The molecule has 0 heterocycles. The molecule has 0 aliphatic carbocycles. The van der Waals surface area contributed by atoms with E-state index in [0.29, 0.717) is 15.7 Å². The maximum absolute atomic E-state index is 11.6. The molecule has 0 amide bonds. The Bertz CT molecular complexity index is 564. The summed E-state index contributed by atoms with van der Waals surface area (Å²) >= 11 is 11.9. The average molecular weight is 320 g/mol. The normalized spacial score (nSPS) is 9.50. The molecule has 2 rings (SSSR count). The molecule has 0 unspecified atom stereocenters. The van der Waals surface area contributed by atoms with Crippen LogP contribution in [-0.2, 0) is 16.1 Å². The first-order valence-electron chi connectivity index (χ1n) is 5.60. The quantitative estimate of drug-likeness (QED) is 0.680. The van der Waals surface area contributed by atoms with E-state index in [0.717, 1.165) is 5.56 Å². The molecule has 0 spiro atoms. The summed E-state index contributed by atoms with van der Waals surface area (Å²) in [6.07, 6.45) is 0.176. The Balaban J connectivity index is 0.00000200. The second kappa shape index (κ2) is 8.55. The number of anilines is 1. The van der Waals surface area contributed by atoms with Gasteiger partial charge in [-0.05, 0) is 17.7 Å². The van der Waals surface area contributed by atoms with E-state index in [4.69, 9.17) is 28.0 Å². The van der Waals surface area contributed by atoms with Crippen LogP contribution in [0.1, 0.15) is 6.99 Å². The van der Waals surface area contributed by atoms with Gasteiger partial charge in [0, 0.05) is 0 Å². The summed E-state index contributed by atoms with van der Waals surface area (Å²) in [6, 6.07) is 14.3. The first kappa shape index (κ1) is 17.3. The fourth-order valence-corrected chi connectivity index (χ4v) is 1.98. The molecule has 0 radical (unpaired) electrons. The van der Waals surface area contributed by atoms with Gasteiger partial charge in [0.15, 0.2) is 0 Å². The molecule has 0 bridgehead atoms. The predicted octanol–water partition coefficient (Wildman–Crippen LogP) is 1.22. The van der Waals surface area contributed by atoms with Gasteiger partial charge < -0.3 is 6.26 Å². The molecule has 2 aromatic carbocycles. The van der Waals surface area contributed by atoms with Gasteiger partial charge in [-0.2, -0.15) is 0 Å². The van der Waals surface area contributed by atoms with E-state index in [-0.39, 0.29) is 37.4 Å². The van der Waals surface area contributed by atoms with Gasteiger partial charge in [-0.15, -0.1) is 0 Å². The number of carbonyl (C=O) groups excluding carboxylic acids is 1. The van der Waals surface area contributed by atoms with Crippen molar-refractivity contribution in [3.8, 4) is 0 Å². The maximum Gasteiger partial charge on any atom is 1.00 e. The predicted molar refractivity (Wildman–Crippen MR) is 77.4 cm³/mol. The number of carbonyl (C=O) groups is 1. The van der Waals surface area contributed by atoms with E-state index in [1.807, 2.05) is 30.3 Å². The third-order valence-corrected chi connectivity index (χ3v) is 3.05. The molecule has 3 nitrogen and oxygen atoms in total.